The Morgan fingerprint density at radius 3 is 2.44 bits per heavy atom. The number of amides is 2. The maximum Gasteiger partial charge on any atom is 0.225 e. The molecule has 3 aromatic rings. The lowest BCUT2D eigenvalue weighted by Gasteiger charge is -2.04. The number of fused-ring (bicyclic) bond motifs is 1. The molecule has 7 nitrogen and oxygen atoms in total. The molecule has 0 radical (unpaired) electrons. The summed E-state index contributed by atoms with van der Waals surface area (Å²) in [6, 6.07) is 11.1. The Hall–Kier alpha value is -3.19. The average Bonchev–Trinajstić information content (AvgIpc) is 2.98. The van der Waals surface area contributed by atoms with Gasteiger partial charge < -0.3 is 20.8 Å². The first-order chi connectivity index (χ1) is 12.0. The molecule has 1 aromatic carbocycles. The van der Waals surface area contributed by atoms with Crippen molar-refractivity contribution in [3.05, 3.63) is 48.8 Å². The zero-order valence-electron chi connectivity index (χ0n) is 13.8. The number of carbonyl (C=O) groups is 2. The molecular formula is C18H19N5O2. The third-order valence-electron chi connectivity index (χ3n) is 3.61. The molecule has 0 fully saturated rings. The highest BCUT2D eigenvalue weighted by Crippen LogP contribution is 2.22. The number of carbonyl (C=O) groups excluding carboxylic acids is 2. The fourth-order valence-corrected chi connectivity index (χ4v) is 2.49. The van der Waals surface area contributed by atoms with Crippen LogP contribution in [0.4, 0.5) is 11.4 Å². The van der Waals surface area contributed by atoms with E-state index < -0.39 is 0 Å². The Bertz CT molecular complexity index is 915. The van der Waals surface area contributed by atoms with E-state index in [0.717, 1.165) is 22.6 Å². The Labute approximate surface area is 144 Å². The summed E-state index contributed by atoms with van der Waals surface area (Å²) in [4.78, 5) is 27.3. The molecule has 128 valence electrons. The highest BCUT2D eigenvalue weighted by molar-refractivity contribution is 5.91. The Kier molecular flexibility index (Phi) is 4.76. The summed E-state index contributed by atoms with van der Waals surface area (Å²) < 4.78 is 1.86. The van der Waals surface area contributed by atoms with E-state index in [2.05, 4.69) is 15.6 Å². The van der Waals surface area contributed by atoms with Crippen molar-refractivity contribution in [3.8, 4) is 11.3 Å². The summed E-state index contributed by atoms with van der Waals surface area (Å²) in [5.74, 6) is -0.222. The Morgan fingerprint density at radius 2 is 1.76 bits per heavy atom. The van der Waals surface area contributed by atoms with Gasteiger partial charge in [0.2, 0.25) is 11.8 Å². The molecule has 2 heterocycles. The van der Waals surface area contributed by atoms with Crippen LogP contribution in [0.5, 0.6) is 0 Å². The summed E-state index contributed by atoms with van der Waals surface area (Å²) >= 11 is 0. The first-order valence-corrected chi connectivity index (χ1v) is 7.92. The molecule has 0 aliphatic carbocycles. The molecule has 0 aliphatic rings. The van der Waals surface area contributed by atoms with Crippen molar-refractivity contribution >= 4 is 28.8 Å². The number of hydrogen-bond acceptors (Lipinski definition) is 4. The summed E-state index contributed by atoms with van der Waals surface area (Å²) in [6.45, 7) is 1.79. The number of anilines is 2. The molecule has 0 atom stereocenters. The maximum absolute atomic E-state index is 11.6. The molecule has 0 saturated heterocycles. The highest BCUT2D eigenvalue weighted by Gasteiger charge is 2.07. The van der Waals surface area contributed by atoms with Crippen molar-refractivity contribution < 1.29 is 9.59 Å². The second-order valence-electron chi connectivity index (χ2n) is 5.65. The van der Waals surface area contributed by atoms with Crippen LogP contribution in [-0.4, -0.2) is 27.7 Å². The van der Waals surface area contributed by atoms with E-state index in [4.69, 9.17) is 5.73 Å². The van der Waals surface area contributed by atoms with Gasteiger partial charge in [-0.05, 0) is 24.3 Å². The fourth-order valence-electron chi connectivity index (χ4n) is 2.49. The predicted molar refractivity (Wildman–Crippen MR) is 97.2 cm³/mol. The molecule has 0 bridgehead atoms. The summed E-state index contributed by atoms with van der Waals surface area (Å²) in [7, 11) is 0. The number of nitrogens with zero attached hydrogens (tertiary/aromatic N) is 2. The molecule has 25 heavy (non-hydrogen) atoms. The van der Waals surface area contributed by atoms with Gasteiger partial charge in [-0.25, -0.2) is 4.98 Å². The Balaban J connectivity index is 1.83. The third-order valence-corrected chi connectivity index (χ3v) is 3.61. The lowest BCUT2D eigenvalue weighted by atomic mass is 10.1. The summed E-state index contributed by atoms with van der Waals surface area (Å²) in [5, 5.41) is 5.53. The van der Waals surface area contributed by atoms with Crippen LogP contribution in [0.2, 0.25) is 0 Å². The Morgan fingerprint density at radius 1 is 1.04 bits per heavy atom. The van der Waals surface area contributed by atoms with Crippen LogP contribution in [0.15, 0.2) is 48.8 Å². The zero-order valence-corrected chi connectivity index (χ0v) is 13.8. The molecule has 7 heteroatoms. The molecule has 2 amide bonds. The third kappa shape index (κ3) is 4.02. The zero-order chi connectivity index (χ0) is 17.8. The van der Waals surface area contributed by atoms with E-state index in [1.54, 1.807) is 6.07 Å². The van der Waals surface area contributed by atoms with Crippen LogP contribution in [0, 0.1) is 0 Å². The highest BCUT2D eigenvalue weighted by atomic mass is 16.2. The molecule has 0 aliphatic heterocycles. The number of imidazole rings is 1. The van der Waals surface area contributed by atoms with Crippen LogP contribution in [-0.2, 0) is 9.59 Å². The van der Waals surface area contributed by atoms with Crippen molar-refractivity contribution in [1.82, 2.24) is 9.38 Å². The number of hydrogen-bond donors (Lipinski definition) is 3. The molecule has 4 N–H and O–H groups in total. The first kappa shape index (κ1) is 16.7. The average molecular weight is 337 g/mol. The number of rotatable bonds is 5. The van der Waals surface area contributed by atoms with Crippen molar-refractivity contribution in [2.45, 2.75) is 13.3 Å². The number of pyridine rings is 1. The normalized spacial score (nSPS) is 10.6. The van der Waals surface area contributed by atoms with Crippen molar-refractivity contribution in [1.29, 1.82) is 0 Å². The SMILES string of the molecule is CC(=O)Nc1ccc(-c2cn3cc(NC(=O)CCN)ccc3n2)cc1. The van der Waals surface area contributed by atoms with Crippen molar-refractivity contribution in [2.24, 2.45) is 5.73 Å². The van der Waals surface area contributed by atoms with Gasteiger partial charge in [0.25, 0.3) is 0 Å². The summed E-state index contributed by atoms with van der Waals surface area (Å²) in [6.07, 6.45) is 3.99. The maximum atomic E-state index is 11.6. The molecule has 3 rings (SSSR count). The predicted octanol–water partition coefficient (Wildman–Crippen LogP) is 2.25. The van der Waals surface area contributed by atoms with Gasteiger partial charge in [0, 0.05) is 43.5 Å². The minimum Gasteiger partial charge on any atom is -0.330 e. The quantitative estimate of drug-likeness (QED) is 0.664. The second-order valence-corrected chi connectivity index (χ2v) is 5.65. The number of benzene rings is 1. The summed E-state index contributed by atoms with van der Waals surface area (Å²) in [5.41, 5.74) is 9.33. The molecule has 0 spiro atoms. The first-order valence-electron chi connectivity index (χ1n) is 7.92. The van der Waals surface area contributed by atoms with Crippen LogP contribution in [0.1, 0.15) is 13.3 Å². The number of nitrogens with one attached hydrogen (secondary N) is 2. The van der Waals surface area contributed by atoms with E-state index in [1.807, 2.05) is 47.1 Å². The van der Waals surface area contributed by atoms with Gasteiger partial charge in [-0.15, -0.1) is 0 Å². The van der Waals surface area contributed by atoms with E-state index in [9.17, 15) is 9.59 Å². The van der Waals surface area contributed by atoms with Gasteiger partial charge in [0.1, 0.15) is 5.65 Å². The fraction of sp³-hybridized carbons (Fsp3) is 0.167. The molecule has 0 saturated carbocycles. The standard InChI is InChI=1S/C18H19N5O2/c1-12(24)20-14-4-2-13(3-5-14)16-11-23-10-15(6-7-17(23)22-16)21-18(25)8-9-19/h2-7,10-11H,8-9,19H2,1H3,(H,20,24)(H,21,25). The lowest BCUT2D eigenvalue weighted by Crippen LogP contribution is -2.16. The van der Waals surface area contributed by atoms with E-state index >= 15 is 0 Å². The lowest BCUT2D eigenvalue weighted by molar-refractivity contribution is -0.116. The van der Waals surface area contributed by atoms with Gasteiger partial charge in [0.15, 0.2) is 0 Å². The van der Waals surface area contributed by atoms with E-state index in [1.165, 1.54) is 6.92 Å². The van der Waals surface area contributed by atoms with Crippen LogP contribution in [0.25, 0.3) is 16.9 Å². The number of nitrogens with two attached hydrogens (primary N) is 1. The monoisotopic (exact) mass is 337 g/mol. The van der Waals surface area contributed by atoms with Gasteiger partial charge in [-0.2, -0.15) is 0 Å². The minimum absolute atomic E-state index is 0.107. The van der Waals surface area contributed by atoms with E-state index in [-0.39, 0.29) is 18.2 Å². The van der Waals surface area contributed by atoms with Crippen LogP contribution >= 0.6 is 0 Å². The van der Waals surface area contributed by atoms with Gasteiger partial charge in [-0.1, -0.05) is 12.1 Å². The number of aromatic nitrogens is 2. The van der Waals surface area contributed by atoms with E-state index in [0.29, 0.717) is 12.2 Å². The molecule has 2 aromatic heterocycles. The minimum atomic E-state index is -0.115. The van der Waals surface area contributed by atoms with Gasteiger partial charge in [0.05, 0.1) is 11.4 Å². The van der Waals surface area contributed by atoms with Crippen LogP contribution < -0.4 is 16.4 Å². The second kappa shape index (κ2) is 7.14. The van der Waals surface area contributed by atoms with Crippen LogP contribution in [0.3, 0.4) is 0 Å². The smallest absolute Gasteiger partial charge is 0.225 e. The van der Waals surface area contributed by atoms with Crippen molar-refractivity contribution in [3.63, 3.8) is 0 Å². The van der Waals surface area contributed by atoms with Gasteiger partial charge >= 0.3 is 0 Å². The molecule has 0 unspecified atom stereocenters. The van der Waals surface area contributed by atoms with Crippen molar-refractivity contribution in [2.75, 3.05) is 17.2 Å². The largest absolute Gasteiger partial charge is 0.330 e. The van der Waals surface area contributed by atoms with Gasteiger partial charge in [-0.3, -0.25) is 9.59 Å². The topological polar surface area (TPSA) is 102 Å². The molecular weight excluding hydrogens is 318 g/mol.